The Hall–Kier alpha value is -2.15. The minimum atomic E-state index is -3.73. The van der Waals surface area contributed by atoms with E-state index in [9.17, 15) is 8.42 Å². The number of rotatable bonds is 3. The van der Waals surface area contributed by atoms with Crippen molar-refractivity contribution in [2.45, 2.75) is 16.7 Å². The molecular formula is C21H22ClN3O2S. The van der Waals surface area contributed by atoms with Crippen LogP contribution < -0.4 is 4.90 Å². The number of hydrogen-bond acceptors (Lipinski definition) is 5. The van der Waals surface area contributed by atoms with Crippen LogP contribution in [0.2, 0.25) is 5.02 Å². The van der Waals surface area contributed by atoms with Gasteiger partial charge in [0.25, 0.3) is 0 Å². The Morgan fingerprint density at radius 1 is 1.00 bits per heavy atom. The van der Waals surface area contributed by atoms with Crippen LogP contribution in [0.25, 0.3) is 10.9 Å². The van der Waals surface area contributed by atoms with Crippen LogP contribution in [0.15, 0.2) is 58.5 Å². The second-order valence-corrected chi connectivity index (χ2v) is 9.59. The van der Waals surface area contributed by atoms with Crippen LogP contribution in [0, 0.1) is 6.92 Å². The number of aromatic nitrogens is 1. The van der Waals surface area contributed by atoms with Gasteiger partial charge in [-0.2, -0.15) is 0 Å². The smallest absolute Gasteiger partial charge is 0.210 e. The first kappa shape index (κ1) is 19.2. The van der Waals surface area contributed by atoms with Gasteiger partial charge < -0.3 is 9.80 Å². The van der Waals surface area contributed by atoms with Crippen LogP contribution in [-0.4, -0.2) is 51.5 Å². The Balaban J connectivity index is 1.95. The third-order valence-corrected chi connectivity index (χ3v) is 7.22. The van der Waals surface area contributed by atoms with Crippen molar-refractivity contribution in [1.29, 1.82) is 0 Å². The van der Waals surface area contributed by atoms with Gasteiger partial charge in [-0.15, -0.1) is 0 Å². The molecule has 7 heteroatoms. The molecule has 2 heterocycles. The molecule has 0 bridgehead atoms. The summed E-state index contributed by atoms with van der Waals surface area (Å²) in [7, 11) is -1.65. The first-order valence-corrected chi connectivity index (χ1v) is 11.1. The summed E-state index contributed by atoms with van der Waals surface area (Å²) in [5, 5.41) is 1.38. The van der Waals surface area contributed by atoms with Gasteiger partial charge in [0.1, 0.15) is 4.90 Å². The van der Waals surface area contributed by atoms with Crippen LogP contribution in [0.1, 0.15) is 5.56 Å². The van der Waals surface area contributed by atoms with E-state index in [-0.39, 0.29) is 9.79 Å². The molecule has 28 heavy (non-hydrogen) atoms. The highest BCUT2D eigenvalue weighted by atomic mass is 35.5. The summed E-state index contributed by atoms with van der Waals surface area (Å²) in [6.45, 7) is 5.32. The lowest BCUT2D eigenvalue weighted by atomic mass is 10.1. The first-order valence-electron chi connectivity index (χ1n) is 9.20. The van der Waals surface area contributed by atoms with Gasteiger partial charge in [0.15, 0.2) is 0 Å². The lowest BCUT2D eigenvalue weighted by Gasteiger charge is -2.35. The lowest BCUT2D eigenvalue weighted by molar-refractivity contribution is 0.312. The molecule has 1 fully saturated rings. The number of halogens is 1. The Labute approximate surface area is 170 Å². The number of sulfone groups is 1. The third-order valence-electron chi connectivity index (χ3n) is 5.19. The molecule has 0 unspecified atom stereocenters. The SMILES string of the molecule is Cc1ccc2ncc(S(=O)(=O)c3ccc(Cl)cc3)c(N3CCN(C)CC3)c2c1. The van der Waals surface area contributed by atoms with Crippen LogP contribution in [-0.2, 0) is 9.84 Å². The van der Waals surface area contributed by atoms with E-state index in [0.717, 1.165) is 48.3 Å². The standard InChI is InChI=1S/C21H22ClN3O2S/c1-15-3-8-19-18(13-15)21(25-11-9-24(2)10-12-25)20(14-23-19)28(26,27)17-6-4-16(22)5-7-17/h3-8,13-14H,9-12H2,1-2H3. The summed E-state index contributed by atoms with van der Waals surface area (Å²) in [4.78, 5) is 9.35. The maximum absolute atomic E-state index is 13.5. The average molecular weight is 416 g/mol. The molecule has 146 valence electrons. The number of fused-ring (bicyclic) bond motifs is 1. The number of anilines is 1. The van der Waals surface area contributed by atoms with Crippen LogP contribution >= 0.6 is 11.6 Å². The lowest BCUT2D eigenvalue weighted by Crippen LogP contribution is -2.45. The van der Waals surface area contributed by atoms with Crippen molar-refractivity contribution in [1.82, 2.24) is 9.88 Å². The van der Waals surface area contributed by atoms with Gasteiger partial charge in [0.2, 0.25) is 9.84 Å². The summed E-state index contributed by atoms with van der Waals surface area (Å²) in [6.07, 6.45) is 1.50. The van der Waals surface area contributed by atoms with E-state index in [4.69, 9.17) is 11.6 Å². The molecule has 1 saturated heterocycles. The monoisotopic (exact) mass is 415 g/mol. The summed E-state index contributed by atoms with van der Waals surface area (Å²) in [5.41, 5.74) is 2.62. The maximum atomic E-state index is 13.5. The van der Waals surface area contributed by atoms with Gasteiger partial charge in [-0.3, -0.25) is 4.98 Å². The molecule has 3 aromatic rings. The van der Waals surface area contributed by atoms with Crippen molar-refractivity contribution in [2.24, 2.45) is 0 Å². The van der Waals surface area contributed by atoms with E-state index >= 15 is 0 Å². The van der Waals surface area contributed by atoms with E-state index in [1.807, 2.05) is 25.1 Å². The van der Waals surface area contributed by atoms with Crippen molar-refractivity contribution >= 4 is 38.0 Å². The number of likely N-dealkylation sites (N-methyl/N-ethyl adjacent to an activating group) is 1. The van der Waals surface area contributed by atoms with Crippen LogP contribution in [0.4, 0.5) is 5.69 Å². The van der Waals surface area contributed by atoms with Crippen molar-refractivity contribution < 1.29 is 8.42 Å². The molecule has 2 aromatic carbocycles. The Bertz CT molecular complexity index is 1120. The van der Waals surface area contributed by atoms with Crippen molar-refractivity contribution in [3.05, 3.63) is 59.2 Å². The molecule has 1 aromatic heterocycles. The maximum Gasteiger partial charge on any atom is 0.210 e. The first-order chi connectivity index (χ1) is 13.4. The number of aryl methyl sites for hydroxylation is 1. The Kier molecular flexibility index (Phi) is 5.04. The molecule has 0 radical (unpaired) electrons. The van der Waals surface area contributed by atoms with Crippen LogP contribution in [0.3, 0.4) is 0 Å². The predicted octanol–water partition coefficient (Wildman–Crippen LogP) is 3.78. The average Bonchev–Trinajstić information content (AvgIpc) is 2.68. The van der Waals surface area contributed by atoms with Crippen LogP contribution in [0.5, 0.6) is 0 Å². The van der Waals surface area contributed by atoms with Gasteiger partial charge in [-0.25, -0.2) is 8.42 Å². The van der Waals surface area contributed by atoms with Gasteiger partial charge in [-0.1, -0.05) is 23.2 Å². The van der Waals surface area contributed by atoms with Crippen molar-refractivity contribution in [3.8, 4) is 0 Å². The minimum Gasteiger partial charge on any atom is -0.367 e. The molecule has 0 N–H and O–H groups in total. The summed E-state index contributed by atoms with van der Waals surface area (Å²) in [6, 6.07) is 12.3. The van der Waals surface area contributed by atoms with E-state index in [1.165, 1.54) is 6.20 Å². The molecule has 0 saturated carbocycles. The summed E-state index contributed by atoms with van der Waals surface area (Å²) < 4.78 is 27.0. The molecule has 0 amide bonds. The molecule has 5 nitrogen and oxygen atoms in total. The zero-order valence-corrected chi connectivity index (χ0v) is 17.5. The second-order valence-electron chi connectivity index (χ2n) is 7.24. The Morgan fingerprint density at radius 2 is 1.68 bits per heavy atom. The van der Waals surface area contributed by atoms with Gasteiger partial charge in [-0.05, 0) is 50.4 Å². The number of nitrogens with zero attached hydrogens (tertiary/aromatic N) is 3. The highest BCUT2D eigenvalue weighted by molar-refractivity contribution is 7.91. The van der Waals surface area contributed by atoms with Gasteiger partial charge in [0, 0.05) is 42.8 Å². The molecular weight excluding hydrogens is 394 g/mol. The molecule has 1 aliphatic rings. The van der Waals surface area contributed by atoms with E-state index < -0.39 is 9.84 Å². The number of piperazine rings is 1. The fourth-order valence-electron chi connectivity index (χ4n) is 3.57. The van der Waals surface area contributed by atoms with E-state index in [2.05, 4.69) is 21.8 Å². The van der Waals surface area contributed by atoms with Gasteiger partial charge in [0.05, 0.1) is 16.1 Å². The molecule has 0 atom stereocenters. The summed E-state index contributed by atoms with van der Waals surface area (Å²) in [5.74, 6) is 0. The van der Waals surface area contributed by atoms with Crippen molar-refractivity contribution in [3.63, 3.8) is 0 Å². The second kappa shape index (κ2) is 7.35. The fraction of sp³-hybridized carbons (Fsp3) is 0.286. The minimum absolute atomic E-state index is 0.223. The number of hydrogen-bond donors (Lipinski definition) is 0. The molecule has 4 rings (SSSR count). The summed E-state index contributed by atoms with van der Waals surface area (Å²) >= 11 is 5.95. The largest absolute Gasteiger partial charge is 0.367 e. The predicted molar refractivity (Wildman–Crippen MR) is 113 cm³/mol. The quantitative estimate of drug-likeness (QED) is 0.651. The Morgan fingerprint density at radius 3 is 2.36 bits per heavy atom. The molecule has 0 spiro atoms. The zero-order chi connectivity index (χ0) is 19.9. The molecule has 0 aliphatic carbocycles. The fourth-order valence-corrected chi connectivity index (χ4v) is 5.13. The number of pyridine rings is 1. The molecule has 1 aliphatic heterocycles. The normalized spacial score (nSPS) is 15.9. The van der Waals surface area contributed by atoms with E-state index in [1.54, 1.807) is 24.3 Å². The zero-order valence-electron chi connectivity index (χ0n) is 15.9. The van der Waals surface area contributed by atoms with Gasteiger partial charge >= 0.3 is 0 Å². The number of benzene rings is 2. The topological polar surface area (TPSA) is 53.5 Å². The third kappa shape index (κ3) is 3.48. The highest BCUT2D eigenvalue weighted by Gasteiger charge is 2.28. The highest BCUT2D eigenvalue weighted by Crippen LogP contribution is 2.36. The van der Waals surface area contributed by atoms with E-state index in [0.29, 0.717) is 5.02 Å². The van der Waals surface area contributed by atoms with Crippen molar-refractivity contribution in [2.75, 3.05) is 38.1 Å².